The molecule has 0 aliphatic rings. The van der Waals surface area contributed by atoms with E-state index in [1.54, 1.807) is 0 Å². The molecule has 0 unspecified atom stereocenters. The molecular weight excluding hydrogens is 351 g/mol. The molecular formula is C16H18IO2+. The van der Waals surface area contributed by atoms with Crippen molar-refractivity contribution in [1.29, 1.82) is 0 Å². The molecule has 0 aliphatic heterocycles. The molecule has 0 saturated carbocycles. The Hall–Kier alpha value is -1.23. The third kappa shape index (κ3) is 4.42. The summed E-state index contributed by atoms with van der Waals surface area (Å²) in [5.74, 6) is 1.89. The molecule has 2 aromatic carbocycles. The summed E-state index contributed by atoms with van der Waals surface area (Å²) in [4.78, 5) is 0. The maximum Gasteiger partial charge on any atom is 0.357 e. The van der Waals surface area contributed by atoms with Crippen molar-refractivity contribution in [3.63, 3.8) is 0 Å². The Labute approximate surface area is 125 Å². The van der Waals surface area contributed by atoms with Crippen LogP contribution < -0.4 is 30.7 Å². The molecule has 0 fully saturated rings. The standard InChI is InChI=1S/C16H18IO2/c1-3-18-15-9-5-13(6-10-15)17-14-7-11-16(12-8-14)19-4-2/h5-12H,3-4H2,1-2H3/q+1. The highest BCUT2D eigenvalue weighted by Crippen LogP contribution is 2.09. The Bertz CT molecular complexity index is 444. The van der Waals surface area contributed by atoms with Crippen molar-refractivity contribution < 1.29 is 30.7 Å². The minimum Gasteiger partial charge on any atom is -0.494 e. The van der Waals surface area contributed by atoms with Crippen LogP contribution in [0.4, 0.5) is 0 Å². The normalized spacial score (nSPS) is 10.2. The second-order valence-electron chi connectivity index (χ2n) is 3.87. The Morgan fingerprint density at radius 3 is 1.37 bits per heavy atom. The van der Waals surface area contributed by atoms with Crippen LogP contribution in [0.3, 0.4) is 0 Å². The summed E-state index contributed by atoms with van der Waals surface area (Å²) in [6.07, 6.45) is 0. The maximum atomic E-state index is 5.45. The number of benzene rings is 2. The fraction of sp³-hybridized carbons (Fsp3) is 0.250. The molecule has 100 valence electrons. The van der Waals surface area contributed by atoms with Gasteiger partial charge in [0.15, 0.2) is 7.14 Å². The Morgan fingerprint density at radius 2 is 1.05 bits per heavy atom. The molecule has 0 radical (unpaired) electrons. The van der Waals surface area contributed by atoms with Gasteiger partial charge >= 0.3 is 21.2 Å². The summed E-state index contributed by atoms with van der Waals surface area (Å²) in [5, 5.41) is 0. The predicted molar refractivity (Wildman–Crippen MR) is 72.6 cm³/mol. The number of rotatable bonds is 6. The lowest BCUT2D eigenvalue weighted by Crippen LogP contribution is -3.61. The molecule has 19 heavy (non-hydrogen) atoms. The lowest BCUT2D eigenvalue weighted by Gasteiger charge is -2.01. The van der Waals surface area contributed by atoms with Gasteiger partial charge in [-0.1, -0.05) is 0 Å². The highest BCUT2D eigenvalue weighted by Gasteiger charge is 2.15. The van der Waals surface area contributed by atoms with Gasteiger partial charge in [-0.3, -0.25) is 0 Å². The van der Waals surface area contributed by atoms with Gasteiger partial charge in [-0.2, -0.15) is 0 Å². The zero-order chi connectivity index (χ0) is 13.5. The smallest absolute Gasteiger partial charge is 0.357 e. The molecule has 0 amide bonds. The van der Waals surface area contributed by atoms with Gasteiger partial charge in [0.05, 0.1) is 13.2 Å². The summed E-state index contributed by atoms with van der Waals surface area (Å²) in [7, 11) is 0. The van der Waals surface area contributed by atoms with Gasteiger partial charge in [-0.25, -0.2) is 0 Å². The van der Waals surface area contributed by atoms with Crippen LogP contribution in [0.5, 0.6) is 11.5 Å². The van der Waals surface area contributed by atoms with Crippen LogP contribution in [0.15, 0.2) is 48.5 Å². The van der Waals surface area contributed by atoms with Gasteiger partial charge in [0, 0.05) is 0 Å². The van der Waals surface area contributed by atoms with Crippen LogP contribution >= 0.6 is 0 Å². The zero-order valence-electron chi connectivity index (χ0n) is 11.2. The summed E-state index contributed by atoms with van der Waals surface area (Å²) in [6.45, 7) is 5.43. The molecule has 0 aromatic heterocycles. The van der Waals surface area contributed by atoms with E-state index in [9.17, 15) is 0 Å². The Morgan fingerprint density at radius 1 is 0.684 bits per heavy atom. The molecule has 0 N–H and O–H groups in total. The van der Waals surface area contributed by atoms with E-state index in [0.717, 1.165) is 11.5 Å². The van der Waals surface area contributed by atoms with Crippen LogP contribution in [-0.2, 0) is 0 Å². The zero-order valence-corrected chi connectivity index (χ0v) is 13.4. The van der Waals surface area contributed by atoms with Crippen LogP contribution in [0.25, 0.3) is 0 Å². The lowest BCUT2D eigenvalue weighted by molar-refractivity contribution is -0.597. The molecule has 0 aliphatic carbocycles. The maximum absolute atomic E-state index is 5.45. The second-order valence-corrected chi connectivity index (χ2v) is 6.90. The third-order valence-electron chi connectivity index (χ3n) is 2.47. The third-order valence-corrected chi connectivity index (χ3v) is 5.15. The van der Waals surface area contributed by atoms with E-state index in [2.05, 4.69) is 24.3 Å². The molecule has 2 nitrogen and oxygen atoms in total. The van der Waals surface area contributed by atoms with Gasteiger partial charge < -0.3 is 9.47 Å². The number of ether oxygens (including phenoxy) is 2. The molecule has 2 aromatic rings. The van der Waals surface area contributed by atoms with Gasteiger partial charge in [0.25, 0.3) is 0 Å². The van der Waals surface area contributed by atoms with Crippen LogP contribution in [-0.4, -0.2) is 13.2 Å². The SMILES string of the molecule is CCOc1ccc([I+]c2ccc(OCC)cc2)cc1. The van der Waals surface area contributed by atoms with Crippen molar-refractivity contribution in [3.8, 4) is 11.5 Å². The monoisotopic (exact) mass is 369 g/mol. The first-order valence-electron chi connectivity index (χ1n) is 6.42. The first-order chi connectivity index (χ1) is 9.31. The summed E-state index contributed by atoms with van der Waals surface area (Å²) < 4.78 is 13.7. The molecule has 0 bridgehead atoms. The summed E-state index contributed by atoms with van der Waals surface area (Å²) in [5.41, 5.74) is 0. The van der Waals surface area contributed by atoms with Crippen LogP contribution in [0.1, 0.15) is 13.8 Å². The van der Waals surface area contributed by atoms with E-state index in [0.29, 0.717) is 13.2 Å². The number of hydrogen-bond acceptors (Lipinski definition) is 2. The highest BCUT2D eigenvalue weighted by molar-refractivity contribution is 5.22. The highest BCUT2D eigenvalue weighted by atomic mass is 127. The van der Waals surface area contributed by atoms with E-state index in [1.807, 2.05) is 38.1 Å². The van der Waals surface area contributed by atoms with E-state index in [1.165, 1.54) is 7.14 Å². The lowest BCUT2D eigenvalue weighted by atomic mass is 10.3. The van der Waals surface area contributed by atoms with Crippen molar-refractivity contribution >= 4 is 0 Å². The van der Waals surface area contributed by atoms with Crippen LogP contribution in [0.2, 0.25) is 0 Å². The molecule has 0 spiro atoms. The van der Waals surface area contributed by atoms with E-state index >= 15 is 0 Å². The average molecular weight is 369 g/mol. The minimum atomic E-state index is -0.128. The first kappa shape index (κ1) is 14.2. The largest absolute Gasteiger partial charge is 0.494 e. The van der Waals surface area contributed by atoms with Crippen molar-refractivity contribution in [2.75, 3.05) is 13.2 Å². The summed E-state index contributed by atoms with van der Waals surface area (Å²) in [6, 6.07) is 16.8. The molecule has 3 heteroatoms. The van der Waals surface area contributed by atoms with Crippen molar-refractivity contribution in [2.45, 2.75) is 13.8 Å². The molecule has 0 atom stereocenters. The quantitative estimate of drug-likeness (QED) is 0.695. The van der Waals surface area contributed by atoms with Gasteiger partial charge in [0.1, 0.15) is 11.5 Å². The van der Waals surface area contributed by atoms with Gasteiger partial charge in [-0.15, -0.1) is 0 Å². The van der Waals surface area contributed by atoms with E-state index < -0.39 is 0 Å². The first-order valence-corrected chi connectivity index (χ1v) is 8.58. The molecule has 0 heterocycles. The number of halogens is 1. The van der Waals surface area contributed by atoms with Gasteiger partial charge in [0.2, 0.25) is 0 Å². The fourth-order valence-corrected chi connectivity index (χ4v) is 3.80. The van der Waals surface area contributed by atoms with E-state index in [-0.39, 0.29) is 21.2 Å². The predicted octanol–water partition coefficient (Wildman–Crippen LogP) is 0.612. The molecule has 2 rings (SSSR count). The van der Waals surface area contributed by atoms with Crippen molar-refractivity contribution in [2.24, 2.45) is 0 Å². The Kier molecular flexibility index (Phi) is 5.51. The number of hydrogen-bond donors (Lipinski definition) is 0. The topological polar surface area (TPSA) is 18.5 Å². The summed E-state index contributed by atoms with van der Waals surface area (Å²) >= 11 is -0.128. The van der Waals surface area contributed by atoms with Crippen molar-refractivity contribution in [1.82, 2.24) is 0 Å². The van der Waals surface area contributed by atoms with E-state index in [4.69, 9.17) is 9.47 Å². The fourth-order valence-electron chi connectivity index (χ4n) is 1.65. The van der Waals surface area contributed by atoms with Crippen molar-refractivity contribution in [3.05, 3.63) is 55.7 Å². The average Bonchev–Trinajstić information content (AvgIpc) is 2.44. The van der Waals surface area contributed by atoms with Gasteiger partial charge in [-0.05, 0) is 62.4 Å². The second kappa shape index (κ2) is 7.38. The minimum absolute atomic E-state index is 0.128. The Balaban J connectivity index is 1.99. The van der Waals surface area contributed by atoms with Crippen LogP contribution in [0, 0.1) is 7.14 Å². The molecule has 0 saturated heterocycles.